The average Bonchev–Trinajstić information content (AvgIpc) is 2.17. The Bertz CT molecular complexity index is 466. The highest BCUT2D eigenvalue weighted by Gasteiger charge is 2.10. The number of aliphatic hydroxyl groups is 1. The molecule has 0 bridgehead atoms. The summed E-state index contributed by atoms with van der Waals surface area (Å²) in [6.07, 6.45) is 1.13. The maximum absolute atomic E-state index is 9.58. The van der Waals surface area contributed by atoms with Crippen LogP contribution in [0.3, 0.4) is 0 Å². The number of anilines is 1. The molecule has 1 aromatic carbocycles. The van der Waals surface area contributed by atoms with Crippen molar-refractivity contribution in [2.75, 3.05) is 5.73 Å². The van der Waals surface area contributed by atoms with Crippen LogP contribution in [0.4, 0.5) is 5.82 Å². The summed E-state index contributed by atoms with van der Waals surface area (Å²) in [7, 11) is 0. The van der Waals surface area contributed by atoms with E-state index in [1.165, 1.54) is 0 Å². The Balaban J connectivity index is 2.83. The lowest BCUT2D eigenvalue weighted by atomic mass is 10.0. The van der Waals surface area contributed by atoms with E-state index in [1.54, 1.807) is 13.1 Å². The summed E-state index contributed by atoms with van der Waals surface area (Å²) in [6, 6.07) is 7.75. The van der Waals surface area contributed by atoms with Crippen molar-refractivity contribution >= 4 is 16.6 Å². The predicted octanol–water partition coefficient (Wildman–Crippen LogP) is 1.87. The minimum absolute atomic E-state index is 0.402. The summed E-state index contributed by atoms with van der Waals surface area (Å²) in [4.78, 5) is 4.05. The van der Waals surface area contributed by atoms with Gasteiger partial charge in [-0.15, -0.1) is 0 Å². The first-order valence-electron chi connectivity index (χ1n) is 4.51. The van der Waals surface area contributed by atoms with Crippen molar-refractivity contribution in [2.45, 2.75) is 13.0 Å². The van der Waals surface area contributed by atoms with Crippen LogP contribution in [-0.2, 0) is 0 Å². The van der Waals surface area contributed by atoms with Gasteiger partial charge in [-0.25, -0.2) is 4.98 Å². The van der Waals surface area contributed by atoms with Gasteiger partial charge in [-0.3, -0.25) is 0 Å². The molecule has 1 unspecified atom stereocenters. The first kappa shape index (κ1) is 8.97. The highest BCUT2D eigenvalue weighted by Crippen LogP contribution is 2.27. The van der Waals surface area contributed by atoms with E-state index in [4.69, 9.17) is 5.73 Å². The first-order valence-corrected chi connectivity index (χ1v) is 4.51. The van der Waals surface area contributed by atoms with E-state index in [0.717, 1.165) is 10.8 Å². The van der Waals surface area contributed by atoms with E-state index >= 15 is 0 Å². The van der Waals surface area contributed by atoms with Crippen LogP contribution in [0.15, 0.2) is 30.5 Å². The number of benzene rings is 1. The van der Waals surface area contributed by atoms with E-state index in [1.807, 2.05) is 24.3 Å². The lowest BCUT2D eigenvalue weighted by Crippen LogP contribution is -2.01. The van der Waals surface area contributed by atoms with Crippen LogP contribution in [0, 0.1) is 0 Å². The number of nitrogens with two attached hydrogens (primary N) is 1. The highest BCUT2D eigenvalue weighted by molar-refractivity contribution is 5.88. The van der Waals surface area contributed by atoms with Crippen LogP contribution in [-0.4, -0.2) is 10.1 Å². The molecule has 0 spiro atoms. The number of pyridine rings is 1. The fourth-order valence-electron chi connectivity index (χ4n) is 1.64. The van der Waals surface area contributed by atoms with Gasteiger partial charge in [0.1, 0.15) is 5.82 Å². The van der Waals surface area contributed by atoms with Crippen molar-refractivity contribution in [1.82, 2.24) is 4.98 Å². The summed E-state index contributed by atoms with van der Waals surface area (Å²) in [5.74, 6) is 0.402. The summed E-state index contributed by atoms with van der Waals surface area (Å²) in [6.45, 7) is 1.69. The zero-order valence-electron chi connectivity index (χ0n) is 7.94. The number of hydrogen-bond donors (Lipinski definition) is 2. The third kappa shape index (κ3) is 1.32. The molecular weight excluding hydrogens is 176 g/mol. The fourth-order valence-corrected chi connectivity index (χ4v) is 1.64. The van der Waals surface area contributed by atoms with Gasteiger partial charge in [-0.05, 0) is 12.3 Å². The molecule has 0 fully saturated rings. The second-order valence-corrected chi connectivity index (χ2v) is 3.32. The second-order valence-electron chi connectivity index (χ2n) is 3.32. The SMILES string of the molecule is CC(O)c1c(N)ncc2ccccc12. The molecule has 2 aromatic rings. The van der Waals surface area contributed by atoms with E-state index in [0.29, 0.717) is 11.4 Å². The first-order chi connectivity index (χ1) is 6.70. The maximum atomic E-state index is 9.58. The van der Waals surface area contributed by atoms with Gasteiger partial charge in [-0.1, -0.05) is 24.3 Å². The second kappa shape index (κ2) is 3.27. The van der Waals surface area contributed by atoms with Crippen LogP contribution >= 0.6 is 0 Å². The molecule has 0 aliphatic carbocycles. The van der Waals surface area contributed by atoms with Crippen LogP contribution < -0.4 is 5.73 Å². The zero-order valence-corrected chi connectivity index (χ0v) is 7.94. The smallest absolute Gasteiger partial charge is 0.129 e. The number of nitrogens with zero attached hydrogens (tertiary/aromatic N) is 1. The van der Waals surface area contributed by atoms with Crippen molar-refractivity contribution in [2.24, 2.45) is 0 Å². The number of nitrogen functional groups attached to an aromatic ring is 1. The van der Waals surface area contributed by atoms with Crippen molar-refractivity contribution < 1.29 is 5.11 Å². The lowest BCUT2D eigenvalue weighted by Gasteiger charge is -2.10. The summed E-state index contributed by atoms with van der Waals surface area (Å²) in [5.41, 5.74) is 6.43. The minimum atomic E-state index is -0.589. The topological polar surface area (TPSA) is 59.1 Å². The molecule has 0 radical (unpaired) electrons. The number of fused-ring (bicyclic) bond motifs is 1. The van der Waals surface area contributed by atoms with E-state index < -0.39 is 6.10 Å². The number of rotatable bonds is 1. The zero-order chi connectivity index (χ0) is 10.1. The molecule has 3 heteroatoms. The van der Waals surface area contributed by atoms with Crippen LogP contribution in [0.1, 0.15) is 18.6 Å². The summed E-state index contributed by atoms with van der Waals surface area (Å²) in [5, 5.41) is 11.5. The Hall–Kier alpha value is -1.61. The molecule has 3 N–H and O–H groups in total. The van der Waals surface area contributed by atoms with Crippen molar-refractivity contribution in [3.8, 4) is 0 Å². The number of aliphatic hydroxyl groups excluding tert-OH is 1. The quantitative estimate of drug-likeness (QED) is 0.718. The Labute approximate surface area is 82.2 Å². The summed E-state index contributed by atoms with van der Waals surface area (Å²) < 4.78 is 0. The molecule has 0 saturated carbocycles. The third-order valence-corrected chi connectivity index (χ3v) is 2.29. The Morgan fingerprint density at radius 1 is 1.36 bits per heavy atom. The van der Waals surface area contributed by atoms with Crippen molar-refractivity contribution in [3.63, 3.8) is 0 Å². The Morgan fingerprint density at radius 3 is 2.79 bits per heavy atom. The van der Waals surface area contributed by atoms with Crippen LogP contribution in [0.25, 0.3) is 10.8 Å². The van der Waals surface area contributed by atoms with Gasteiger partial charge in [0.05, 0.1) is 6.10 Å². The summed E-state index contributed by atoms with van der Waals surface area (Å²) >= 11 is 0. The molecule has 0 amide bonds. The van der Waals surface area contributed by atoms with E-state index in [9.17, 15) is 5.11 Å². The predicted molar refractivity (Wildman–Crippen MR) is 56.8 cm³/mol. The van der Waals surface area contributed by atoms with E-state index in [-0.39, 0.29) is 0 Å². The van der Waals surface area contributed by atoms with E-state index in [2.05, 4.69) is 4.98 Å². The third-order valence-electron chi connectivity index (χ3n) is 2.29. The maximum Gasteiger partial charge on any atom is 0.129 e. The van der Waals surface area contributed by atoms with Crippen LogP contribution in [0.5, 0.6) is 0 Å². The van der Waals surface area contributed by atoms with Gasteiger partial charge in [0.25, 0.3) is 0 Å². The number of aromatic nitrogens is 1. The molecular formula is C11H12N2O. The van der Waals surface area contributed by atoms with Crippen molar-refractivity contribution in [3.05, 3.63) is 36.0 Å². The molecule has 2 rings (SSSR count). The molecule has 0 aliphatic rings. The fraction of sp³-hybridized carbons (Fsp3) is 0.182. The normalized spacial score (nSPS) is 13.0. The van der Waals surface area contributed by atoms with Crippen molar-refractivity contribution in [1.29, 1.82) is 0 Å². The Kier molecular flexibility index (Phi) is 2.09. The standard InChI is InChI=1S/C11H12N2O/c1-7(14)10-9-5-3-2-4-8(9)6-13-11(10)12/h2-7,14H,1H3,(H2,12,13). The monoisotopic (exact) mass is 188 g/mol. The molecule has 14 heavy (non-hydrogen) atoms. The number of hydrogen-bond acceptors (Lipinski definition) is 3. The molecule has 0 aliphatic heterocycles. The highest BCUT2D eigenvalue weighted by atomic mass is 16.3. The minimum Gasteiger partial charge on any atom is -0.389 e. The molecule has 1 aromatic heterocycles. The van der Waals surface area contributed by atoms with Crippen LogP contribution in [0.2, 0.25) is 0 Å². The average molecular weight is 188 g/mol. The van der Waals surface area contributed by atoms with Gasteiger partial charge >= 0.3 is 0 Å². The van der Waals surface area contributed by atoms with Gasteiger partial charge in [0, 0.05) is 17.1 Å². The molecule has 1 heterocycles. The van der Waals surface area contributed by atoms with Gasteiger partial charge in [0.2, 0.25) is 0 Å². The lowest BCUT2D eigenvalue weighted by molar-refractivity contribution is 0.201. The molecule has 3 nitrogen and oxygen atoms in total. The van der Waals surface area contributed by atoms with Gasteiger partial charge in [-0.2, -0.15) is 0 Å². The largest absolute Gasteiger partial charge is 0.389 e. The van der Waals surface area contributed by atoms with Gasteiger partial charge < -0.3 is 10.8 Å². The Morgan fingerprint density at radius 2 is 2.07 bits per heavy atom. The van der Waals surface area contributed by atoms with Gasteiger partial charge in [0.15, 0.2) is 0 Å². The molecule has 72 valence electrons. The molecule has 0 saturated heterocycles. The molecule has 1 atom stereocenters.